The van der Waals surface area contributed by atoms with Crippen LogP contribution in [0.4, 0.5) is 11.4 Å². The van der Waals surface area contributed by atoms with Crippen molar-refractivity contribution in [2.75, 3.05) is 18.5 Å². The van der Waals surface area contributed by atoms with Crippen LogP contribution in [0.1, 0.15) is 0 Å². The molecule has 0 aliphatic heterocycles. The maximum atomic E-state index is 10.3. The van der Waals surface area contributed by atoms with E-state index in [2.05, 4.69) is 10.2 Å². The van der Waals surface area contributed by atoms with E-state index in [4.69, 9.17) is 0 Å². The number of non-ortho nitro benzene ring substituents is 1. The minimum Gasteiger partial charge on any atom is -0.383 e. The molecule has 0 unspecified atom stereocenters. The van der Waals surface area contributed by atoms with E-state index in [1.807, 2.05) is 0 Å². The Hall–Kier alpha value is -2.38. The summed E-state index contributed by atoms with van der Waals surface area (Å²) in [6.07, 6.45) is 0. The zero-order valence-corrected chi connectivity index (χ0v) is 8.16. The van der Waals surface area contributed by atoms with Crippen LogP contribution in [-0.4, -0.2) is 23.2 Å². The Morgan fingerprint density at radius 2 is 1.81 bits per heavy atom. The molecule has 1 aromatic carbocycles. The summed E-state index contributed by atoms with van der Waals surface area (Å²) in [5.74, 6) is 0. The lowest BCUT2D eigenvalue weighted by Crippen LogP contribution is -2.12. The van der Waals surface area contributed by atoms with Crippen LogP contribution in [0.15, 0.2) is 24.3 Å². The molecule has 86 valence electrons. The van der Waals surface area contributed by atoms with Crippen molar-refractivity contribution in [3.8, 4) is 0 Å². The molecule has 16 heavy (non-hydrogen) atoms. The fourth-order valence-corrected chi connectivity index (χ4v) is 1.02. The molecule has 0 amide bonds. The van der Waals surface area contributed by atoms with Gasteiger partial charge in [-0.25, -0.2) is 0 Å². The largest absolute Gasteiger partial charge is 0.383 e. The second-order valence-corrected chi connectivity index (χ2v) is 2.79. The van der Waals surface area contributed by atoms with Gasteiger partial charge in [0.25, 0.3) is 10.8 Å². The molecule has 0 saturated heterocycles. The first kappa shape index (κ1) is 11.7. The van der Waals surface area contributed by atoms with E-state index in [-0.39, 0.29) is 18.8 Å². The van der Waals surface area contributed by atoms with Gasteiger partial charge in [0.05, 0.1) is 4.92 Å². The van der Waals surface area contributed by atoms with Gasteiger partial charge < -0.3 is 10.2 Å². The summed E-state index contributed by atoms with van der Waals surface area (Å²) in [6, 6.07) is 5.72. The SMILES string of the molecule is O=[N+]([O-])OCCNc1ccc([N+](=O)[O-])cc1. The van der Waals surface area contributed by atoms with Gasteiger partial charge in [0.1, 0.15) is 6.61 Å². The zero-order valence-electron chi connectivity index (χ0n) is 8.16. The highest BCUT2D eigenvalue weighted by atomic mass is 16.9. The molecule has 0 bridgehead atoms. The van der Waals surface area contributed by atoms with Crippen molar-refractivity contribution in [3.05, 3.63) is 44.5 Å². The molecule has 0 radical (unpaired) electrons. The lowest BCUT2D eigenvalue weighted by Gasteiger charge is -2.04. The van der Waals surface area contributed by atoms with Crippen LogP contribution < -0.4 is 5.32 Å². The second kappa shape index (κ2) is 5.49. The zero-order chi connectivity index (χ0) is 12.0. The van der Waals surface area contributed by atoms with E-state index < -0.39 is 10.0 Å². The standard InChI is InChI=1S/C8H9N3O5/c12-10(13)8-3-1-7(2-4-8)9-5-6-16-11(14)15/h1-4,9H,5-6H2. The van der Waals surface area contributed by atoms with E-state index in [1.54, 1.807) is 0 Å². The summed E-state index contributed by atoms with van der Waals surface area (Å²) in [5, 5.41) is 22.1. The Morgan fingerprint density at radius 3 is 2.31 bits per heavy atom. The lowest BCUT2D eigenvalue weighted by atomic mass is 10.3. The highest BCUT2D eigenvalue weighted by Gasteiger charge is 2.03. The Balaban J connectivity index is 2.38. The third-order valence-electron chi connectivity index (χ3n) is 1.71. The lowest BCUT2D eigenvalue weighted by molar-refractivity contribution is -0.757. The summed E-state index contributed by atoms with van der Waals surface area (Å²) in [4.78, 5) is 23.7. The van der Waals surface area contributed by atoms with Crippen molar-refractivity contribution >= 4 is 11.4 Å². The van der Waals surface area contributed by atoms with E-state index in [9.17, 15) is 20.2 Å². The van der Waals surface area contributed by atoms with Gasteiger partial charge in [-0.15, -0.1) is 10.1 Å². The molecular weight excluding hydrogens is 218 g/mol. The van der Waals surface area contributed by atoms with Gasteiger partial charge in [0, 0.05) is 24.4 Å². The molecule has 0 aliphatic carbocycles. The van der Waals surface area contributed by atoms with Crippen LogP contribution in [0.5, 0.6) is 0 Å². The fourth-order valence-electron chi connectivity index (χ4n) is 1.02. The Morgan fingerprint density at radius 1 is 1.19 bits per heavy atom. The molecular formula is C8H9N3O5. The van der Waals surface area contributed by atoms with Crippen LogP contribution in [0.3, 0.4) is 0 Å². The van der Waals surface area contributed by atoms with Gasteiger partial charge in [-0.05, 0) is 12.1 Å². The third kappa shape index (κ3) is 3.78. The topological polar surface area (TPSA) is 108 Å². The van der Waals surface area contributed by atoms with Gasteiger partial charge in [-0.2, -0.15) is 0 Å². The van der Waals surface area contributed by atoms with Crippen molar-refractivity contribution in [3.63, 3.8) is 0 Å². The van der Waals surface area contributed by atoms with Crippen molar-refractivity contribution in [1.29, 1.82) is 0 Å². The quantitative estimate of drug-likeness (QED) is 0.444. The molecule has 0 fully saturated rings. The van der Waals surface area contributed by atoms with Crippen molar-refractivity contribution in [2.24, 2.45) is 0 Å². The van der Waals surface area contributed by atoms with Crippen LogP contribution in [-0.2, 0) is 4.84 Å². The number of nitrogens with one attached hydrogen (secondary N) is 1. The number of hydrogen-bond donors (Lipinski definition) is 1. The number of nitro groups is 1. The maximum Gasteiger partial charge on any atom is 0.294 e. The summed E-state index contributed by atoms with van der Waals surface area (Å²) in [7, 11) is 0. The minimum atomic E-state index is -0.877. The van der Waals surface area contributed by atoms with E-state index >= 15 is 0 Å². The highest BCUT2D eigenvalue weighted by molar-refractivity contribution is 5.48. The van der Waals surface area contributed by atoms with Gasteiger partial charge in [-0.1, -0.05) is 0 Å². The molecule has 8 nitrogen and oxygen atoms in total. The molecule has 1 N–H and O–H groups in total. The van der Waals surface area contributed by atoms with Crippen LogP contribution in [0.25, 0.3) is 0 Å². The number of benzene rings is 1. The normalized spacial score (nSPS) is 9.50. The maximum absolute atomic E-state index is 10.3. The molecule has 0 atom stereocenters. The van der Waals surface area contributed by atoms with Gasteiger partial charge in [0.2, 0.25) is 0 Å². The average molecular weight is 227 g/mol. The number of anilines is 1. The Kier molecular flexibility index (Phi) is 4.01. The molecule has 0 saturated carbocycles. The summed E-state index contributed by atoms with van der Waals surface area (Å²) in [5.41, 5.74) is 0.629. The summed E-state index contributed by atoms with van der Waals surface area (Å²) >= 11 is 0. The van der Waals surface area contributed by atoms with Gasteiger partial charge in [0.15, 0.2) is 0 Å². The average Bonchev–Trinajstić information content (AvgIpc) is 2.25. The van der Waals surface area contributed by atoms with E-state index in [0.29, 0.717) is 5.69 Å². The molecule has 0 aliphatic rings. The Bertz CT molecular complexity index is 378. The predicted octanol–water partition coefficient (Wildman–Crippen LogP) is 1.21. The number of rotatable bonds is 6. The Labute approximate surface area is 90.1 Å². The smallest absolute Gasteiger partial charge is 0.294 e. The van der Waals surface area contributed by atoms with Crippen LogP contribution in [0.2, 0.25) is 0 Å². The number of nitrogens with zero attached hydrogens (tertiary/aromatic N) is 2. The third-order valence-corrected chi connectivity index (χ3v) is 1.71. The number of nitro benzene ring substituents is 1. The fraction of sp³-hybridized carbons (Fsp3) is 0.250. The van der Waals surface area contributed by atoms with Crippen LogP contribution >= 0.6 is 0 Å². The molecule has 0 aromatic heterocycles. The van der Waals surface area contributed by atoms with Crippen molar-refractivity contribution in [2.45, 2.75) is 0 Å². The molecule has 1 rings (SSSR count). The summed E-state index contributed by atoms with van der Waals surface area (Å²) in [6.45, 7) is 0.169. The van der Waals surface area contributed by atoms with Crippen LogP contribution in [0, 0.1) is 20.2 Å². The monoisotopic (exact) mass is 227 g/mol. The minimum absolute atomic E-state index is 0.00732. The van der Waals surface area contributed by atoms with E-state index in [0.717, 1.165) is 0 Å². The van der Waals surface area contributed by atoms with Crippen molar-refractivity contribution in [1.82, 2.24) is 0 Å². The first-order chi connectivity index (χ1) is 7.59. The molecule has 1 aromatic rings. The molecule has 0 spiro atoms. The van der Waals surface area contributed by atoms with Gasteiger partial charge in [-0.3, -0.25) is 10.1 Å². The molecule has 8 heteroatoms. The first-order valence-electron chi connectivity index (χ1n) is 4.35. The van der Waals surface area contributed by atoms with E-state index in [1.165, 1.54) is 24.3 Å². The van der Waals surface area contributed by atoms with Gasteiger partial charge >= 0.3 is 0 Å². The number of hydrogen-bond acceptors (Lipinski definition) is 6. The van der Waals surface area contributed by atoms with Crippen molar-refractivity contribution < 1.29 is 14.8 Å². The first-order valence-corrected chi connectivity index (χ1v) is 4.35. The second-order valence-electron chi connectivity index (χ2n) is 2.79. The summed E-state index contributed by atoms with van der Waals surface area (Å²) < 4.78 is 0. The predicted molar refractivity (Wildman–Crippen MR) is 54.5 cm³/mol. The highest BCUT2D eigenvalue weighted by Crippen LogP contribution is 2.14. The molecule has 0 heterocycles.